The van der Waals surface area contributed by atoms with Crippen LogP contribution in [0.25, 0.3) is 6.08 Å². The topological polar surface area (TPSA) is 58.7 Å². The first-order valence-electron chi connectivity index (χ1n) is 7.63. The van der Waals surface area contributed by atoms with Crippen molar-refractivity contribution in [3.63, 3.8) is 0 Å². The van der Waals surface area contributed by atoms with Crippen LogP contribution in [0.1, 0.15) is 11.1 Å². The number of halogens is 3. The molecule has 5 nitrogen and oxygen atoms in total. The highest BCUT2D eigenvalue weighted by atomic mass is 35.5. The van der Waals surface area contributed by atoms with Gasteiger partial charge in [0.1, 0.15) is 0 Å². The maximum Gasteiger partial charge on any atom is 0.271 e. The third kappa shape index (κ3) is 4.36. The van der Waals surface area contributed by atoms with Gasteiger partial charge in [-0.25, -0.2) is 0 Å². The van der Waals surface area contributed by atoms with Crippen molar-refractivity contribution in [2.24, 2.45) is 4.99 Å². The van der Waals surface area contributed by atoms with Crippen LogP contribution < -0.4 is 4.90 Å². The molecule has 0 aromatic heterocycles. The summed E-state index contributed by atoms with van der Waals surface area (Å²) in [6.45, 7) is 1.30. The van der Waals surface area contributed by atoms with Gasteiger partial charge in [0.2, 0.25) is 0 Å². The molecular formula is C18H16Cl3N3O2. The molecule has 0 spiro atoms. The number of nitrogens with zero attached hydrogens (tertiary/aromatic N) is 3. The molecule has 8 heteroatoms. The smallest absolute Gasteiger partial charge is 0.271 e. The zero-order chi connectivity index (χ0) is 18.0. The molecule has 26 heavy (non-hydrogen) atoms. The molecule has 0 amide bonds. The van der Waals surface area contributed by atoms with E-state index in [2.05, 4.69) is 4.99 Å². The van der Waals surface area contributed by atoms with Crippen LogP contribution in [0.4, 0.5) is 11.4 Å². The van der Waals surface area contributed by atoms with Crippen LogP contribution in [0.5, 0.6) is 0 Å². The molecule has 2 aromatic rings. The maximum atomic E-state index is 11.1. The Hall–Kier alpha value is -2.08. The third-order valence-corrected chi connectivity index (χ3v) is 4.71. The number of rotatable bonds is 3. The van der Waals surface area contributed by atoms with E-state index in [1.165, 1.54) is 6.07 Å². The number of nitro benzene ring substituents is 1. The highest BCUT2D eigenvalue weighted by Crippen LogP contribution is 2.28. The first-order chi connectivity index (χ1) is 12.0. The summed E-state index contributed by atoms with van der Waals surface area (Å²) in [6, 6.07) is 10.2. The minimum Gasteiger partial charge on any atom is -0.372 e. The number of fused-ring (bicyclic) bond motifs is 1. The number of benzodiazepines with no additional fused rings is 1. The van der Waals surface area contributed by atoms with Crippen molar-refractivity contribution >= 4 is 58.8 Å². The van der Waals surface area contributed by atoms with Crippen LogP contribution in [-0.2, 0) is 0 Å². The summed E-state index contributed by atoms with van der Waals surface area (Å²) < 4.78 is 0. The molecule has 0 bridgehead atoms. The minimum atomic E-state index is -0.388. The van der Waals surface area contributed by atoms with E-state index in [1.54, 1.807) is 24.3 Å². The Morgan fingerprint density at radius 3 is 2.62 bits per heavy atom. The lowest BCUT2D eigenvalue weighted by Gasteiger charge is -2.18. The van der Waals surface area contributed by atoms with Crippen molar-refractivity contribution in [2.75, 3.05) is 25.0 Å². The van der Waals surface area contributed by atoms with Crippen molar-refractivity contribution in [3.8, 4) is 0 Å². The number of allylic oxidation sites excluding steroid dienone is 1. The minimum absolute atomic E-state index is 0. The Labute approximate surface area is 167 Å². The van der Waals surface area contributed by atoms with Gasteiger partial charge in [0.15, 0.2) is 0 Å². The second-order valence-electron chi connectivity index (χ2n) is 5.65. The van der Waals surface area contributed by atoms with Gasteiger partial charge in [-0.1, -0.05) is 35.3 Å². The molecule has 0 fully saturated rings. The maximum absolute atomic E-state index is 11.1. The Kier molecular flexibility index (Phi) is 6.64. The fourth-order valence-corrected chi connectivity index (χ4v) is 2.93. The summed E-state index contributed by atoms with van der Waals surface area (Å²) >= 11 is 12.0. The van der Waals surface area contributed by atoms with Crippen molar-refractivity contribution < 1.29 is 4.92 Å². The number of anilines is 1. The van der Waals surface area contributed by atoms with Crippen LogP contribution in [0.15, 0.2) is 47.5 Å². The molecule has 1 heterocycles. The van der Waals surface area contributed by atoms with E-state index < -0.39 is 0 Å². The van der Waals surface area contributed by atoms with Crippen molar-refractivity contribution in [1.29, 1.82) is 0 Å². The number of non-ortho nitro benzene ring substituents is 1. The lowest BCUT2D eigenvalue weighted by Crippen LogP contribution is -2.20. The van der Waals surface area contributed by atoms with Gasteiger partial charge < -0.3 is 4.90 Å². The zero-order valence-electron chi connectivity index (χ0n) is 13.9. The second-order valence-corrected chi connectivity index (χ2v) is 6.47. The Balaban J connectivity index is 0.00000243. The number of benzene rings is 2. The van der Waals surface area contributed by atoms with E-state index in [9.17, 15) is 10.1 Å². The van der Waals surface area contributed by atoms with Gasteiger partial charge in [0.25, 0.3) is 5.69 Å². The van der Waals surface area contributed by atoms with E-state index in [1.807, 2.05) is 30.2 Å². The molecule has 136 valence electrons. The summed E-state index contributed by atoms with van der Waals surface area (Å²) in [7, 11) is 1.91. The van der Waals surface area contributed by atoms with E-state index in [0.29, 0.717) is 23.1 Å². The summed E-state index contributed by atoms with van der Waals surface area (Å²) in [5.74, 6) is 0. The number of nitro groups is 1. The van der Waals surface area contributed by atoms with Gasteiger partial charge in [-0.15, -0.1) is 12.4 Å². The molecule has 0 aliphatic carbocycles. The fraction of sp³-hybridized carbons (Fsp3) is 0.167. The van der Waals surface area contributed by atoms with Gasteiger partial charge >= 0.3 is 0 Å². The predicted molar refractivity (Wildman–Crippen MR) is 111 cm³/mol. The zero-order valence-corrected chi connectivity index (χ0v) is 16.2. The Bertz CT molecular complexity index is 897. The largest absolute Gasteiger partial charge is 0.372 e. The fourth-order valence-electron chi connectivity index (χ4n) is 2.63. The molecule has 0 atom stereocenters. The quantitative estimate of drug-likeness (QED) is 0.509. The number of likely N-dealkylation sites (N-methyl/N-ethyl adjacent to an activating group) is 1. The van der Waals surface area contributed by atoms with Crippen LogP contribution in [0.3, 0.4) is 0 Å². The molecule has 2 aromatic carbocycles. The summed E-state index contributed by atoms with van der Waals surface area (Å²) in [4.78, 5) is 17.2. The normalized spacial score (nSPS) is 13.7. The molecule has 0 unspecified atom stereocenters. The van der Waals surface area contributed by atoms with Crippen molar-refractivity contribution in [3.05, 3.63) is 73.8 Å². The average Bonchev–Trinajstić information content (AvgIpc) is 2.75. The monoisotopic (exact) mass is 411 g/mol. The molecule has 0 N–H and O–H groups in total. The van der Waals surface area contributed by atoms with Crippen molar-refractivity contribution in [1.82, 2.24) is 0 Å². The second kappa shape index (κ2) is 8.54. The molecule has 0 radical (unpaired) electrons. The Morgan fingerprint density at radius 2 is 1.92 bits per heavy atom. The first kappa shape index (κ1) is 20.2. The van der Waals surface area contributed by atoms with Crippen LogP contribution >= 0.6 is 35.6 Å². The third-order valence-electron chi connectivity index (χ3n) is 3.97. The average molecular weight is 413 g/mol. The van der Waals surface area contributed by atoms with Gasteiger partial charge in [-0.3, -0.25) is 15.1 Å². The predicted octanol–water partition coefficient (Wildman–Crippen LogP) is 5.28. The molecular weight excluding hydrogens is 397 g/mol. The van der Waals surface area contributed by atoms with Gasteiger partial charge in [-0.05, 0) is 29.8 Å². The standard InChI is InChI=1S/C18H15Cl2N3O2.ClH/c1-22-9-8-21-17(7-3-12-2-6-15(19)16(20)10-12)14-5-4-13(23(24)25)11-18(14)22;/h2-7,10-11H,8-9H2,1H3;1H. The van der Waals surface area contributed by atoms with E-state index in [-0.39, 0.29) is 23.0 Å². The highest BCUT2D eigenvalue weighted by molar-refractivity contribution is 6.42. The van der Waals surface area contributed by atoms with Crippen LogP contribution in [0, 0.1) is 10.1 Å². The molecule has 0 saturated carbocycles. The molecule has 1 aliphatic heterocycles. The first-order valence-corrected chi connectivity index (χ1v) is 8.39. The number of hydrogen-bond acceptors (Lipinski definition) is 4. The molecule has 0 saturated heterocycles. The highest BCUT2D eigenvalue weighted by Gasteiger charge is 2.18. The molecule has 1 aliphatic rings. The van der Waals surface area contributed by atoms with Crippen LogP contribution in [-0.4, -0.2) is 30.8 Å². The van der Waals surface area contributed by atoms with E-state index in [4.69, 9.17) is 23.2 Å². The number of hydrogen-bond donors (Lipinski definition) is 0. The summed E-state index contributed by atoms with van der Waals surface area (Å²) in [5, 5.41) is 12.0. The summed E-state index contributed by atoms with van der Waals surface area (Å²) in [5.41, 5.74) is 3.41. The Morgan fingerprint density at radius 1 is 1.15 bits per heavy atom. The van der Waals surface area contributed by atoms with E-state index >= 15 is 0 Å². The van der Waals surface area contributed by atoms with Crippen LogP contribution in [0.2, 0.25) is 10.0 Å². The SMILES string of the molecule is CN1CCN=C(C=Cc2ccc(Cl)c(Cl)c2)c2ccc([N+](=O)[O-])cc21.Cl. The number of aliphatic imine (C=N–C) groups is 1. The van der Waals surface area contributed by atoms with Gasteiger partial charge in [-0.2, -0.15) is 0 Å². The molecule has 3 rings (SSSR count). The van der Waals surface area contributed by atoms with Crippen molar-refractivity contribution in [2.45, 2.75) is 0 Å². The van der Waals surface area contributed by atoms with Gasteiger partial charge in [0.05, 0.1) is 32.9 Å². The van der Waals surface area contributed by atoms with Gasteiger partial charge in [0, 0.05) is 31.3 Å². The van der Waals surface area contributed by atoms with E-state index in [0.717, 1.165) is 22.5 Å². The lowest BCUT2D eigenvalue weighted by molar-refractivity contribution is -0.384. The summed E-state index contributed by atoms with van der Waals surface area (Å²) in [6.07, 6.45) is 3.79. The lowest BCUT2D eigenvalue weighted by atomic mass is 10.0.